The SMILES string of the molecule is O=S(=O)(NC1CC(Cl)C1)c1ccc(Cl)c(F)c1Cl. The highest BCUT2D eigenvalue weighted by Crippen LogP contribution is 2.31. The van der Waals surface area contributed by atoms with Gasteiger partial charge in [0.2, 0.25) is 10.0 Å². The fourth-order valence-corrected chi connectivity index (χ4v) is 4.08. The maximum absolute atomic E-state index is 13.4. The monoisotopic (exact) mass is 331 g/mol. The Labute approximate surface area is 119 Å². The van der Waals surface area contributed by atoms with E-state index >= 15 is 0 Å². The Bertz CT molecular complexity index is 573. The molecule has 0 atom stereocenters. The van der Waals surface area contributed by atoms with Crippen molar-refractivity contribution >= 4 is 44.8 Å². The van der Waals surface area contributed by atoms with Gasteiger partial charge in [-0.2, -0.15) is 0 Å². The maximum atomic E-state index is 13.4. The van der Waals surface area contributed by atoms with Gasteiger partial charge in [0.25, 0.3) is 0 Å². The lowest BCUT2D eigenvalue weighted by Crippen LogP contribution is -2.44. The van der Waals surface area contributed by atoms with Crippen molar-refractivity contribution in [3.8, 4) is 0 Å². The van der Waals surface area contributed by atoms with Crippen LogP contribution in [0.5, 0.6) is 0 Å². The predicted octanol–water partition coefficient (Wildman–Crippen LogP) is 3.18. The summed E-state index contributed by atoms with van der Waals surface area (Å²) in [4.78, 5) is -0.316. The molecule has 0 aromatic heterocycles. The average molecular weight is 333 g/mol. The van der Waals surface area contributed by atoms with E-state index in [9.17, 15) is 12.8 Å². The predicted molar refractivity (Wildman–Crippen MR) is 69.4 cm³/mol. The Balaban J connectivity index is 2.27. The van der Waals surface area contributed by atoms with E-state index < -0.39 is 20.9 Å². The molecule has 8 heteroatoms. The number of benzene rings is 1. The van der Waals surface area contributed by atoms with E-state index in [1.807, 2.05) is 0 Å². The molecule has 100 valence electrons. The fourth-order valence-electron chi connectivity index (χ4n) is 1.64. The molecule has 18 heavy (non-hydrogen) atoms. The number of alkyl halides is 1. The molecule has 1 saturated carbocycles. The lowest BCUT2D eigenvalue weighted by molar-refractivity contribution is 0.391. The van der Waals surface area contributed by atoms with Crippen LogP contribution in [0.15, 0.2) is 17.0 Å². The molecule has 1 aliphatic rings. The zero-order valence-electron chi connectivity index (χ0n) is 8.96. The van der Waals surface area contributed by atoms with Crippen molar-refractivity contribution in [3.05, 3.63) is 28.0 Å². The van der Waals surface area contributed by atoms with Gasteiger partial charge in [-0.05, 0) is 25.0 Å². The van der Waals surface area contributed by atoms with Gasteiger partial charge in [0.1, 0.15) is 4.90 Å². The van der Waals surface area contributed by atoms with Crippen molar-refractivity contribution in [2.45, 2.75) is 29.2 Å². The van der Waals surface area contributed by atoms with Gasteiger partial charge in [0.05, 0.1) is 10.0 Å². The van der Waals surface area contributed by atoms with E-state index in [1.54, 1.807) is 0 Å². The summed E-state index contributed by atoms with van der Waals surface area (Å²) < 4.78 is 39.8. The topological polar surface area (TPSA) is 46.2 Å². The van der Waals surface area contributed by atoms with Gasteiger partial charge in [0, 0.05) is 11.4 Å². The first kappa shape index (κ1) is 14.3. The summed E-state index contributed by atoms with van der Waals surface area (Å²) in [6.07, 6.45) is 1.10. The van der Waals surface area contributed by atoms with Crippen LogP contribution >= 0.6 is 34.8 Å². The van der Waals surface area contributed by atoms with Crippen molar-refractivity contribution < 1.29 is 12.8 Å². The zero-order valence-corrected chi connectivity index (χ0v) is 12.0. The molecule has 1 aromatic carbocycles. The van der Waals surface area contributed by atoms with E-state index in [2.05, 4.69) is 4.72 Å². The minimum absolute atomic E-state index is 0.0184. The van der Waals surface area contributed by atoms with Crippen molar-refractivity contribution in [2.75, 3.05) is 0 Å². The Kier molecular flexibility index (Phi) is 4.09. The van der Waals surface area contributed by atoms with Crippen LogP contribution in [-0.2, 0) is 10.0 Å². The molecule has 1 N–H and O–H groups in total. The van der Waals surface area contributed by atoms with Gasteiger partial charge in [0.15, 0.2) is 5.82 Å². The molecule has 1 aliphatic carbocycles. The van der Waals surface area contributed by atoms with Gasteiger partial charge in [-0.25, -0.2) is 17.5 Å². The smallest absolute Gasteiger partial charge is 0.208 e. The molecular weight excluding hydrogens is 324 g/mol. The number of hydrogen-bond donors (Lipinski definition) is 1. The number of hydrogen-bond acceptors (Lipinski definition) is 2. The van der Waals surface area contributed by atoms with E-state index in [1.165, 1.54) is 6.07 Å². The number of halogens is 4. The molecule has 0 bridgehead atoms. The third-order valence-corrected chi connectivity index (χ3v) is 5.38. The van der Waals surface area contributed by atoms with Crippen LogP contribution in [0.2, 0.25) is 10.0 Å². The molecule has 3 nitrogen and oxygen atoms in total. The van der Waals surface area contributed by atoms with Gasteiger partial charge in [-0.1, -0.05) is 23.2 Å². The molecular formula is C10H9Cl3FNO2S. The molecule has 0 saturated heterocycles. The van der Waals surface area contributed by atoms with Crippen molar-refractivity contribution in [1.82, 2.24) is 4.72 Å². The summed E-state index contributed by atoms with van der Waals surface area (Å²) in [5, 5.41) is -0.740. The fraction of sp³-hybridized carbons (Fsp3) is 0.400. The second kappa shape index (κ2) is 5.13. The molecule has 0 aliphatic heterocycles. The summed E-state index contributed by atoms with van der Waals surface area (Å²) in [6, 6.07) is 2.10. The molecule has 1 aromatic rings. The lowest BCUT2D eigenvalue weighted by atomic mass is 9.94. The Morgan fingerprint density at radius 2 is 1.89 bits per heavy atom. The first-order valence-corrected chi connectivity index (χ1v) is 7.78. The molecule has 1 fully saturated rings. The summed E-state index contributed by atoms with van der Waals surface area (Å²) >= 11 is 16.9. The van der Waals surface area contributed by atoms with Crippen molar-refractivity contribution in [3.63, 3.8) is 0 Å². The van der Waals surface area contributed by atoms with Crippen LogP contribution in [0.1, 0.15) is 12.8 Å². The third kappa shape index (κ3) is 2.75. The third-order valence-electron chi connectivity index (χ3n) is 2.69. The summed E-state index contributed by atoms with van der Waals surface area (Å²) in [7, 11) is -3.85. The van der Waals surface area contributed by atoms with Gasteiger partial charge >= 0.3 is 0 Å². The van der Waals surface area contributed by atoms with Crippen molar-refractivity contribution in [2.24, 2.45) is 0 Å². The van der Waals surface area contributed by atoms with Crippen LogP contribution in [0.4, 0.5) is 4.39 Å². The Morgan fingerprint density at radius 3 is 2.44 bits per heavy atom. The van der Waals surface area contributed by atoms with Crippen molar-refractivity contribution in [1.29, 1.82) is 0 Å². The second-order valence-electron chi connectivity index (χ2n) is 4.06. The van der Waals surface area contributed by atoms with E-state index in [-0.39, 0.29) is 21.3 Å². The van der Waals surface area contributed by atoms with Crippen LogP contribution in [0, 0.1) is 5.82 Å². The summed E-state index contributed by atoms with van der Waals surface area (Å²) in [5.74, 6) is -0.940. The highest BCUT2D eigenvalue weighted by atomic mass is 35.5. The molecule has 0 radical (unpaired) electrons. The number of nitrogens with one attached hydrogen (secondary N) is 1. The lowest BCUT2D eigenvalue weighted by Gasteiger charge is -2.31. The molecule has 2 rings (SSSR count). The van der Waals surface area contributed by atoms with Gasteiger partial charge < -0.3 is 0 Å². The molecule has 0 spiro atoms. The Hall–Kier alpha value is -0.0700. The minimum atomic E-state index is -3.85. The summed E-state index contributed by atoms with van der Waals surface area (Å²) in [6.45, 7) is 0. The Morgan fingerprint density at radius 1 is 1.28 bits per heavy atom. The van der Waals surface area contributed by atoms with Crippen LogP contribution in [0.25, 0.3) is 0 Å². The molecule has 0 amide bonds. The van der Waals surface area contributed by atoms with Crippen LogP contribution in [-0.4, -0.2) is 19.8 Å². The number of rotatable bonds is 3. The minimum Gasteiger partial charge on any atom is -0.208 e. The summed E-state index contributed by atoms with van der Waals surface area (Å²) in [5.41, 5.74) is 0. The van der Waals surface area contributed by atoms with Crippen LogP contribution < -0.4 is 4.72 Å². The second-order valence-corrected chi connectivity index (χ2v) is 7.15. The highest BCUT2D eigenvalue weighted by molar-refractivity contribution is 7.89. The van der Waals surface area contributed by atoms with Gasteiger partial charge in [-0.3, -0.25) is 0 Å². The van der Waals surface area contributed by atoms with E-state index in [4.69, 9.17) is 34.8 Å². The highest BCUT2D eigenvalue weighted by Gasteiger charge is 2.32. The van der Waals surface area contributed by atoms with Gasteiger partial charge in [-0.15, -0.1) is 11.6 Å². The largest absolute Gasteiger partial charge is 0.242 e. The van der Waals surface area contributed by atoms with Crippen LogP contribution in [0.3, 0.4) is 0 Å². The van der Waals surface area contributed by atoms with E-state index in [0.717, 1.165) is 6.07 Å². The zero-order chi connectivity index (χ0) is 13.5. The first-order valence-electron chi connectivity index (χ1n) is 5.11. The molecule has 0 heterocycles. The molecule has 0 unspecified atom stereocenters. The average Bonchev–Trinajstić information content (AvgIpc) is 2.23. The number of sulfonamides is 1. The normalized spacial score (nSPS) is 23.8. The standard InChI is InChI=1S/C10H9Cl3FNO2S/c11-5-3-6(4-5)15-18(16,17)8-2-1-7(12)10(14)9(8)13/h1-2,5-6,15H,3-4H2. The quantitative estimate of drug-likeness (QED) is 0.682. The maximum Gasteiger partial charge on any atom is 0.242 e. The first-order chi connectivity index (χ1) is 8.31. The van der Waals surface area contributed by atoms with E-state index in [0.29, 0.717) is 12.8 Å².